The van der Waals surface area contributed by atoms with Crippen molar-refractivity contribution < 1.29 is 22.7 Å². The molecular formula is C16H22O5S. The Balaban J connectivity index is 2.81. The van der Waals surface area contributed by atoms with E-state index in [1.165, 1.54) is 0 Å². The van der Waals surface area contributed by atoms with Crippen LogP contribution in [0.15, 0.2) is 30.3 Å². The SMILES string of the molecule is CC[C@H](CS(C)(=O)=O)[C@@H](C)[C@H](C=O)OC(=O)c1ccccc1. The summed E-state index contributed by atoms with van der Waals surface area (Å²) in [4.78, 5) is 23.3. The van der Waals surface area contributed by atoms with Crippen molar-refractivity contribution in [3.8, 4) is 0 Å². The fourth-order valence-electron chi connectivity index (χ4n) is 2.32. The molecule has 22 heavy (non-hydrogen) atoms. The number of ether oxygens (including phenoxy) is 1. The number of aldehydes is 1. The van der Waals surface area contributed by atoms with Gasteiger partial charge in [-0.25, -0.2) is 13.2 Å². The van der Waals surface area contributed by atoms with E-state index in [1.807, 2.05) is 6.92 Å². The molecule has 0 aromatic heterocycles. The van der Waals surface area contributed by atoms with Crippen LogP contribution in [0.25, 0.3) is 0 Å². The van der Waals surface area contributed by atoms with E-state index in [0.717, 1.165) is 6.26 Å². The zero-order chi connectivity index (χ0) is 16.8. The van der Waals surface area contributed by atoms with Crippen molar-refractivity contribution in [1.29, 1.82) is 0 Å². The molecule has 0 aliphatic rings. The van der Waals surface area contributed by atoms with Crippen molar-refractivity contribution in [3.05, 3.63) is 35.9 Å². The summed E-state index contributed by atoms with van der Waals surface area (Å²) >= 11 is 0. The third kappa shape index (κ3) is 5.60. The number of carbonyl (C=O) groups excluding carboxylic acids is 2. The monoisotopic (exact) mass is 326 g/mol. The van der Waals surface area contributed by atoms with Crippen molar-refractivity contribution in [2.24, 2.45) is 11.8 Å². The van der Waals surface area contributed by atoms with Gasteiger partial charge in [-0.1, -0.05) is 38.5 Å². The molecule has 0 spiro atoms. The Morgan fingerprint density at radius 3 is 2.32 bits per heavy atom. The summed E-state index contributed by atoms with van der Waals surface area (Å²) in [6.07, 6.45) is 1.35. The second kappa shape index (κ2) is 8.08. The minimum absolute atomic E-state index is 0.0299. The van der Waals surface area contributed by atoms with Gasteiger partial charge in [0.1, 0.15) is 9.84 Å². The van der Waals surface area contributed by atoms with Gasteiger partial charge in [-0.05, 0) is 18.1 Å². The predicted molar refractivity (Wildman–Crippen MR) is 84.4 cm³/mol. The third-order valence-electron chi connectivity index (χ3n) is 3.69. The Labute approximate surface area is 131 Å². The predicted octanol–water partition coefficient (Wildman–Crippen LogP) is 2.12. The molecule has 0 unspecified atom stereocenters. The Morgan fingerprint density at radius 1 is 1.27 bits per heavy atom. The van der Waals surface area contributed by atoms with Gasteiger partial charge in [-0.15, -0.1) is 0 Å². The van der Waals surface area contributed by atoms with E-state index in [0.29, 0.717) is 18.3 Å². The van der Waals surface area contributed by atoms with Gasteiger partial charge in [-0.3, -0.25) is 4.79 Å². The molecule has 0 aliphatic heterocycles. The Morgan fingerprint density at radius 2 is 1.86 bits per heavy atom. The van der Waals surface area contributed by atoms with Gasteiger partial charge in [0.25, 0.3) is 0 Å². The normalized spacial score (nSPS) is 15.6. The lowest BCUT2D eigenvalue weighted by Crippen LogP contribution is -2.34. The number of hydrogen-bond donors (Lipinski definition) is 0. The molecule has 0 N–H and O–H groups in total. The molecule has 0 bridgehead atoms. The molecular weight excluding hydrogens is 304 g/mol. The smallest absolute Gasteiger partial charge is 0.338 e. The second-order valence-electron chi connectivity index (χ2n) is 5.49. The van der Waals surface area contributed by atoms with Gasteiger partial charge in [0.05, 0.1) is 11.3 Å². The van der Waals surface area contributed by atoms with Crippen LogP contribution in [-0.4, -0.2) is 38.8 Å². The quantitative estimate of drug-likeness (QED) is 0.540. The summed E-state index contributed by atoms with van der Waals surface area (Å²) in [6, 6.07) is 8.38. The summed E-state index contributed by atoms with van der Waals surface area (Å²) in [7, 11) is -3.16. The molecule has 1 aromatic carbocycles. The standard InChI is InChI=1S/C16H22O5S/c1-4-13(11-22(3,19)20)12(2)15(10-17)21-16(18)14-8-6-5-7-9-14/h5-10,12-13,15H,4,11H2,1-3H3/t12-,13-,15+/m1/s1. The van der Waals surface area contributed by atoms with Gasteiger partial charge in [-0.2, -0.15) is 0 Å². The number of hydrogen-bond acceptors (Lipinski definition) is 5. The van der Waals surface area contributed by atoms with Crippen LogP contribution < -0.4 is 0 Å². The third-order valence-corrected chi connectivity index (χ3v) is 4.72. The van der Waals surface area contributed by atoms with Crippen LogP contribution in [0, 0.1) is 11.8 Å². The number of sulfone groups is 1. The van der Waals surface area contributed by atoms with E-state index in [9.17, 15) is 18.0 Å². The molecule has 0 fully saturated rings. The lowest BCUT2D eigenvalue weighted by atomic mass is 9.89. The summed E-state index contributed by atoms with van der Waals surface area (Å²) in [5.41, 5.74) is 0.359. The molecule has 122 valence electrons. The molecule has 1 aromatic rings. The minimum Gasteiger partial charge on any atom is -0.451 e. The van der Waals surface area contributed by atoms with Gasteiger partial charge in [0, 0.05) is 12.2 Å². The zero-order valence-corrected chi connectivity index (χ0v) is 13.9. The highest BCUT2D eigenvalue weighted by Crippen LogP contribution is 2.23. The van der Waals surface area contributed by atoms with E-state index in [2.05, 4.69) is 0 Å². The number of rotatable bonds is 8. The zero-order valence-electron chi connectivity index (χ0n) is 13.1. The fourth-order valence-corrected chi connectivity index (χ4v) is 3.64. The van der Waals surface area contributed by atoms with E-state index in [-0.39, 0.29) is 17.6 Å². The maximum Gasteiger partial charge on any atom is 0.338 e. The first-order valence-electron chi connectivity index (χ1n) is 7.17. The average Bonchev–Trinajstić information content (AvgIpc) is 2.49. The van der Waals surface area contributed by atoms with Crippen LogP contribution in [0.1, 0.15) is 30.6 Å². The van der Waals surface area contributed by atoms with Gasteiger partial charge >= 0.3 is 5.97 Å². The van der Waals surface area contributed by atoms with Crippen LogP contribution in [-0.2, 0) is 19.4 Å². The number of carbonyl (C=O) groups is 2. The average molecular weight is 326 g/mol. The molecule has 6 heteroatoms. The lowest BCUT2D eigenvalue weighted by molar-refractivity contribution is -0.118. The summed E-state index contributed by atoms with van der Waals surface area (Å²) in [5.74, 6) is -1.23. The van der Waals surface area contributed by atoms with Crippen molar-refractivity contribution in [1.82, 2.24) is 0 Å². The van der Waals surface area contributed by atoms with Crippen molar-refractivity contribution in [2.75, 3.05) is 12.0 Å². The summed E-state index contributed by atoms with van der Waals surface area (Å²) < 4.78 is 28.2. The largest absolute Gasteiger partial charge is 0.451 e. The highest BCUT2D eigenvalue weighted by Gasteiger charge is 2.30. The second-order valence-corrected chi connectivity index (χ2v) is 7.68. The van der Waals surface area contributed by atoms with Crippen LogP contribution >= 0.6 is 0 Å². The molecule has 0 saturated heterocycles. The topological polar surface area (TPSA) is 77.5 Å². The molecule has 0 heterocycles. The van der Waals surface area contributed by atoms with Crippen LogP contribution in [0.3, 0.4) is 0 Å². The first-order valence-corrected chi connectivity index (χ1v) is 9.23. The van der Waals surface area contributed by atoms with Gasteiger partial charge in [0.15, 0.2) is 12.4 Å². The van der Waals surface area contributed by atoms with Crippen LogP contribution in [0.5, 0.6) is 0 Å². The molecule has 5 nitrogen and oxygen atoms in total. The number of esters is 1. The Hall–Kier alpha value is -1.69. The van der Waals surface area contributed by atoms with Gasteiger partial charge in [0.2, 0.25) is 0 Å². The van der Waals surface area contributed by atoms with Crippen molar-refractivity contribution in [2.45, 2.75) is 26.4 Å². The van der Waals surface area contributed by atoms with E-state index >= 15 is 0 Å². The fraction of sp³-hybridized carbons (Fsp3) is 0.500. The summed E-state index contributed by atoms with van der Waals surface area (Å²) in [5, 5.41) is 0. The number of benzene rings is 1. The molecule has 0 amide bonds. The van der Waals surface area contributed by atoms with E-state index in [4.69, 9.17) is 4.74 Å². The van der Waals surface area contributed by atoms with Crippen LogP contribution in [0.4, 0.5) is 0 Å². The van der Waals surface area contributed by atoms with E-state index < -0.39 is 21.9 Å². The first-order chi connectivity index (χ1) is 10.3. The molecule has 0 saturated carbocycles. The van der Waals surface area contributed by atoms with E-state index in [1.54, 1.807) is 37.3 Å². The molecule has 0 radical (unpaired) electrons. The lowest BCUT2D eigenvalue weighted by Gasteiger charge is -2.26. The van der Waals surface area contributed by atoms with Crippen LogP contribution in [0.2, 0.25) is 0 Å². The molecule has 1 rings (SSSR count). The highest BCUT2D eigenvalue weighted by molar-refractivity contribution is 7.90. The maximum atomic E-state index is 12.0. The van der Waals surface area contributed by atoms with Crippen molar-refractivity contribution >= 4 is 22.1 Å². The minimum atomic E-state index is -3.16. The Bertz CT molecular complexity index is 594. The highest BCUT2D eigenvalue weighted by atomic mass is 32.2. The van der Waals surface area contributed by atoms with Crippen molar-refractivity contribution in [3.63, 3.8) is 0 Å². The molecule has 0 aliphatic carbocycles. The first kappa shape index (κ1) is 18.4. The molecule has 3 atom stereocenters. The Kier molecular flexibility index (Phi) is 6.74. The summed E-state index contributed by atoms with van der Waals surface area (Å²) in [6.45, 7) is 3.59. The van der Waals surface area contributed by atoms with Gasteiger partial charge < -0.3 is 4.74 Å². The maximum absolute atomic E-state index is 12.0.